The summed E-state index contributed by atoms with van der Waals surface area (Å²) >= 11 is 3.24. The van der Waals surface area contributed by atoms with E-state index in [1.807, 2.05) is 0 Å². The Morgan fingerprint density at radius 2 is 1.74 bits per heavy atom. The van der Waals surface area contributed by atoms with Gasteiger partial charge in [-0.3, -0.25) is 4.72 Å². The highest BCUT2D eigenvalue weighted by atomic mass is 79.9. The van der Waals surface area contributed by atoms with Crippen molar-refractivity contribution in [1.29, 1.82) is 0 Å². The first-order chi connectivity index (χ1) is 8.88. The molecule has 0 spiro atoms. The van der Waals surface area contributed by atoms with Crippen LogP contribution in [-0.2, 0) is 10.0 Å². The third-order valence-electron chi connectivity index (χ3n) is 2.34. The number of nitrogens with one attached hydrogen (secondary N) is 1. The lowest BCUT2D eigenvalue weighted by Crippen LogP contribution is -2.14. The van der Waals surface area contributed by atoms with Crippen LogP contribution in [0.15, 0.2) is 51.8 Å². The Morgan fingerprint density at radius 3 is 2.37 bits per heavy atom. The van der Waals surface area contributed by atoms with Crippen molar-refractivity contribution < 1.29 is 12.8 Å². The fourth-order valence-electron chi connectivity index (χ4n) is 1.45. The topological polar surface area (TPSA) is 72.2 Å². The fourth-order valence-corrected chi connectivity index (χ4v) is 2.89. The summed E-state index contributed by atoms with van der Waals surface area (Å²) in [4.78, 5) is -0.476. The molecule has 100 valence electrons. The molecule has 3 N–H and O–H groups in total. The lowest BCUT2D eigenvalue weighted by atomic mass is 10.3. The Balaban J connectivity index is 2.37. The van der Waals surface area contributed by atoms with Gasteiger partial charge in [0, 0.05) is 15.8 Å². The van der Waals surface area contributed by atoms with Crippen molar-refractivity contribution in [3.8, 4) is 0 Å². The Bertz CT molecular complexity index is 702. The summed E-state index contributed by atoms with van der Waals surface area (Å²) in [6.07, 6.45) is 0. The zero-order valence-electron chi connectivity index (χ0n) is 9.60. The standard InChI is InChI=1S/C12H10BrFN2O2S/c13-8-1-4-10(5-2-8)16-19(17,18)12-7-9(15)3-6-11(12)14/h1-7,16H,15H2. The molecule has 0 fully saturated rings. The Hall–Kier alpha value is -1.60. The van der Waals surface area contributed by atoms with Gasteiger partial charge in [0.1, 0.15) is 10.7 Å². The summed E-state index contributed by atoms with van der Waals surface area (Å²) in [5.41, 5.74) is 5.99. The van der Waals surface area contributed by atoms with Gasteiger partial charge in [-0.1, -0.05) is 15.9 Å². The monoisotopic (exact) mass is 344 g/mol. The second kappa shape index (κ2) is 5.18. The number of hydrogen-bond acceptors (Lipinski definition) is 3. The summed E-state index contributed by atoms with van der Waals surface area (Å²) < 4.78 is 40.7. The van der Waals surface area contributed by atoms with E-state index in [2.05, 4.69) is 20.7 Å². The second-order valence-corrected chi connectivity index (χ2v) is 6.37. The molecule has 0 saturated heterocycles. The van der Waals surface area contributed by atoms with Crippen LogP contribution in [-0.4, -0.2) is 8.42 Å². The molecule has 0 radical (unpaired) electrons. The van der Waals surface area contributed by atoms with Crippen molar-refractivity contribution in [3.63, 3.8) is 0 Å². The predicted octanol–water partition coefficient (Wildman–Crippen LogP) is 2.97. The number of anilines is 2. The van der Waals surface area contributed by atoms with Gasteiger partial charge in [-0.15, -0.1) is 0 Å². The quantitative estimate of drug-likeness (QED) is 0.840. The molecular weight excluding hydrogens is 335 g/mol. The SMILES string of the molecule is Nc1ccc(F)c(S(=O)(=O)Nc2ccc(Br)cc2)c1. The van der Waals surface area contributed by atoms with Crippen molar-refractivity contribution in [2.24, 2.45) is 0 Å². The van der Waals surface area contributed by atoms with Crippen LogP contribution in [0, 0.1) is 5.82 Å². The molecule has 4 nitrogen and oxygen atoms in total. The van der Waals surface area contributed by atoms with Gasteiger partial charge in [0.25, 0.3) is 10.0 Å². The van der Waals surface area contributed by atoms with Crippen molar-refractivity contribution in [3.05, 3.63) is 52.8 Å². The van der Waals surface area contributed by atoms with Crippen LogP contribution in [0.2, 0.25) is 0 Å². The van der Waals surface area contributed by atoms with Crippen LogP contribution < -0.4 is 10.5 Å². The molecule has 0 aromatic heterocycles. The number of nitrogen functional groups attached to an aromatic ring is 1. The summed E-state index contributed by atoms with van der Waals surface area (Å²) in [6.45, 7) is 0. The van der Waals surface area contributed by atoms with E-state index >= 15 is 0 Å². The van der Waals surface area contributed by atoms with Crippen LogP contribution in [0.5, 0.6) is 0 Å². The van der Waals surface area contributed by atoms with Crippen LogP contribution in [0.25, 0.3) is 0 Å². The van der Waals surface area contributed by atoms with Gasteiger partial charge in [0.2, 0.25) is 0 Å². The van der Waals surface area contributed by atoms with E-state index in [-0.39, 0.29) is 5.69 Å². The van der Waals surface area contributed by atoms with Crippen LogP contribution in [0.4, 0.5) is 15.8 Å². The minimum Gasteiger partial charge on any atom is -0.399 e. The lowest BCUT2D eigenvalue weighted by Gasteiger charge is -2.09. The van der Waals surface area contributed by atoms with Crippen molar-refractivity contribution in [2.75, 3.05) is 10.5 Å². The zero-order chi connectivity index (χ0) is 14.0. The molecule has 2 rings (SSSR count). The number of hydrogen-bond donors (Lipinski definition) is 2. The van der Waals surface area contributed by atoms with Gasteiger partial charge in [-0.2, -0.15) is 0 Å². The zero-order valence-corrected chi connectivity index (χ0v) is 12.0. The number of benzene rings is 2. The Labute approximate surface area is 118 Å². The van der Waals surface area contributed by atoms with Gasteiger partial charge < -0.3 is 5.73 Å². The van der Waals surface area contributed by atoms with Gasteiger partial charge in [0.15, 0.2) is 0 Å². The molecule has 0 amide bonds. The van der Waals surface area contributed by atoms with E-state index in [1.54, 1.807) is 24.3 Å². The van der Waals surface area contributed by atoms with E-state index in [4.69, 9.17) is 5.73 Å². The molecular formula is C12H10BrFN2O2S. The Morgan fingerprint density at radius 1 is 1.11 bits per heavy atom. The average molecular weight is 345 g/mol. The molecule has 19 heavy (non-hydrogen) atoms. The van der Waals surface area contributed by atoms with Crippen LogP contribution in [0.1, 0.15) is 0 Å². The minimum absolute atomic E-state index is 0.178. The first-order valence-corrected chi connectivity index (χ1v) is 7.49. The van der Waals surface area contributed by atoms with E-state index in [9.17, 15) is 12.8 Å². The molecule has 0 aliphatic heterocycles. The summed E-state index contributed by atoms with van der Waals surface area (Å²) in [6, 6.07) is 9.87. The van der Waals surface area contributed by atoms with E-state index < -0.39 is 20.7 Å². The number of sulfonamides is 1. The molecule has 7 heteroatoms. The van der Waals surface area contributed by atoms with E-state index in [0.717, 1.165) is 16.6 Å². The highest BCUT2D eigenvalue weighted by Gasteiger charge is 2.19. The highest BCUT2D eigenvalue weighted by Crippen LogP contribution is 2.22. The third kappa shape index (κ3) is 3.24. The molecule has 2 aromatic rings. The summed E-state index contributed by atoms with van der Waals surface area (Å²) in [5.74, 6) is -0.848. The number of nitrogens with two attached hydrogens (primary N) is 1. The Kier molecular flexibility index (Phi) is 3.77. The largest absolute Gasteiger partial charge is 0.399 e. The molecule has 0 aliphatic carbocycles. The van der Waals surface area contributed by atoms with E-state index in [0.29, 0.717) is 5.69 Å². The van der Waals surface area contributed by atoms with Crippen molar-refractivity contribution in [2.45, 2.75) is 4.90 Å². The number of halogens is 2. The molecule has 0 unspecified atom stereocenters. The molecule has 0 bridgehead atoms. The third-order valence-corrected chi connectivity index (χ3v) is 4.27. The average Bonchev–Trinajstić information content (AvgIpc) is 2.35. The maximum Gasteiger partial charge on any atom is 0.264 e. The molecule has 0 heterocycles. The van der Waals surface area contributed by atoms with E-state index in [1.165, 1.54) is 6.07 Å². The molecule has 0 atom stereocenters. The highest BCUT2D eigenvalue weighted by molar-refractivity contribution is 9.10. The van der Waals surface area contributed by atoms with Crippen molar-refractivity contribution >= 4 is 37.3 Å². The second-order valence-electron chi connectivity index (χ2n) is 3.80. The fraction of sp³-hybridized carbons (Fsp3) is 0. The predicted molar refractivity (Wildman–Crippen MR) is 75.8 cm³/mol. The number of rotatable bonds is 3. The summed E-state index contributed by atoms with van der Waals surface area (Å²) in [7, 11) is -4.00. The normalized spacial score (nSPS) is 11.3. The minimum atomic E-state index is -4.00. The lowest BCUT2D eigenvalue weighted by molar-refractivity contribution is 0.570. The smallest absolute Gasteiger partial charge is 0.264 e. The summed E-state index contributed by atoms with van der Waals surface area (Å²) in [5, 5.41) is 0. The van der Waals surface area contributed by atoms with Crippen molar-refractivity contribution in [1.82, 2.24) is 0 Å². The molecule has 0 saturated carbocycles. The first kappa shape index (κ1) is 13.8. The van der Waals surface area contributed by atoms with Gasteiger partial charge in [-0.25, -0.2) is 12.8 Å². The maximum absolute atomic E-state index is 13.5. The van der Waals surface area contributed by atoms with Gasteiger partial charge in [-0.05, 0) is 42.5 Å². The maximum atomic E-state index is 13.5. The van der Waals surface area contributed by atoms with Gasteiger partial charge >= 0.3 is 0 Å². The van der Waals surface area contributed by atoms with Gasteiger partial charge in [0.05, 0.1) is 0 Å². The first-order valence-electron chi connectivity index (χ1n) is 5.22. The van der Waals surface area contributed by atoms with Crippen LogP contribution >= 0.6 is 15.9 Å². The molecule has 0 aliphatic rings. The van der Waals surface area contributed by atoms with Crippen LogP contribution in [0.3, 0.4) is 0 Å². The molecule has 2 aromatic carbocycles.